The van der Waals surface area contributed by atoms with Gasteiger partial charge in [-0.3, -0.25) is 4.79 Å². The van der Waals surface area contributed by atoms with Crippen molar-refractivity contribution in [2.75, 3.05) is 59.3 Å². The van der Waals surface area contributed by atoms with Crippen LogP contribution in [0.3, 0.4) is 0 Å². The van der Waals surface area contributed by atoms with Crippen molar-refractivity contribution in [3.05, 3.63) is 18.1 Å². The number of amides is 1. The minimum absolute atomic E-state index is 0.0407. The van der Waals surface area contributed by atoms with Gasteiger partial charge in [0.05, 0.1) is 0 Å². The summed E-state index contributed by atoms with van der Waals surface area (Å²) in [7, 11) is 3.31. The van der Waals surface area contributed by atoms with Gasteiger partial charge in [0.1, 0.15) is 12.1 Å². The number of hydrogen-bond acceptors (Lipinski definition) is 6. The van der Waals surface area contributed by atoms with Crippen molar-refractivity contribution in [3.8, 4) is 0 Å². The first-order chi connectivity index (χ1) is 12.1. The van der Waals surface area contributed by atoms with E-state index in [9.17, 15) is 13.2 Å². The Labute approximate surface area is 155 Å². The number of nitrogens with zero attached hydrogens (tertiary/aromatic N) is 6. The van der Waals surface area contributed by atoms with Gasteiger partial charge in [-0.05, 0) is 12.3 Å². The van der Waals surface area contributed by atoms with Gasteiger partial charge in [0.2, 0.25) is 5.91 Å². The Morgan fingerprint density at radius 2 is 1.88 bits per heavy atom. The van der Waals surface area contributed by atoms with Crippen molar-refractivity contribution in [2.24, 2.45) is 5.92 Å². The van der Waals surface area contributed by atoms with Crippen molar-refractivity contribution in [2.45, 2.75) is 13.3 Å². The number of rotatable bonds is 5. The summed E-state index contributed by atoms with van der Waals surface area (Å²) in [5.41, 5.74) is 0.835. The molecule has 0 spiro atoms. The monoisotopic (exact) mass is 384 g/mol. The summed E-state index contributed by atoms with van der Waals surface area (Å²) >= 11 is 0. The molecule has 1 amide bonds. The van der Waals surface area contributed by atoms with E-state index in [0.717, 1.165) is 11.5 Å². The molecule has 0 N–H and O–H groups in total. The topological polar surface area (TPSA) is 90.0 Å². The molecule has 1 aromatic rings. The van der Waals surface area contributed by atoms with Gasteiger partial charge in [0, 0.05) is 73.1 Å². The summed E-state index contributed by atoms with van der Waals surface area (Å²) in [4.78, 5) is 24.0. The van der Waals surface area contributed by atoms with Crippen LogP contribution in [0.4, 0.5) is 5.82 Å². The largest absolute Gasteiger partial charge is 0.363 e. The molecule has 1 aliphatic heterocycles. The Morgan fingerprint density at radius 1 is 1.19 bits per heavy atom. The fourth-order valence-electron chi connectivity index (χ4n) is 2.97. The van der Waals surface area contributed by atoms with Crippen LogP contribution in [0.5, 0.6) is 0 Å². The van der Waals surface area contributed by atoms with Gasteiger partial charge in [0.25, 0.3) is 10.2 Å². The second kappa shape index (κ2) is 8.28. The zero-order chi connectivity index (χ0) is 19.5. The lowest BCUT2D eigenvalue weighted by molar-refractivity contribution is -0.129. The maximum Gasteiger partial charge on any atom is 0.281 e. The van der Waals surface area contributed by atoms with E-state index in [4.69, 9.17) is 0 Å². The first-order valence-corrected chi connectivity index (χ1v) is 9.92. The van der Waals surface area contributed by atoms with Crippen molar-refractivity contribution in [1.82, 2.24) is 23.5 Å². The van der Waals surface area contributed by atoms with E-state index in [-0.39, 0.29) is 11.8 Å². The Kier molecular flexibility index (Phi) is 6.53. The van der Waals surface area contributed by atoms with Crippen LogP contribution in [0.15, 0.2) is 12.4 Å². The summed E-state index contributed by atoms with van der Waals surface area (Å²) in [6, 6.07) is 1.90. The molecule has 26 heavy (non-hydrogen) atoms. The molecule has 0 aliphatic carbocycles. The van der Waals surface area contributed by atoms with E-state index in [2.05, 4.69) is 9.97 Å². The molecule has 0 radical (unpaired) electrons. The first-order valence-electron chi connectivity index (χ1n) is 8.52. The van der Waals surface area contributed by atoms with Crippen LogP contribution in [-0.4, -0.2) is 92.2 Å². The maximum atomic E-state index is 12.6. The highest BCUT2D eigenvalue weighted by atomic mass is 32.2. The smallest absolute Gasteiger partial charge is 0.281 e. The predicted octanol–water partition coefficient (Wildman–Crippen LogP) is -0.328. The van der Waals surface area contributed by atoms with E-state index in [1.807, 2.05) is 25.1 Å². The highest BCUT2D eigenvalue weighted by Gasteiger charge is 2.32. The molecule has 0 aromatic carbocycles. The molecular formula is C16H28N6O3S. The fraction of sp³-hybridized carbons (Fsp3) is 0.688. The molecule has 2 heterocycles. The van der Waals surface area contributed by atoms with Crippen LogP contribution >= 0.6 is 0 Å². The Hall–Kier alpha value is -1.78. The highest BCUT2D eigenvalue weighted by Crippen LogP contribution is 2.19. The Bertz CT molecular complexity index is 737. The fourth-order valence-corrected chi connectivity index (χ4v) is 4.14. The molecule has 1 aromatic heterocycles. The van der Waals surface area contributed by atoms with Crippen LogP contribution in [0.25, 0.3) is 0 Å². The van der Waals surface area contributed by atoms with Crippen molar-refractivity contribution in [1.29, 1.82) is 0 Å². The predicted molar refractivity (Wildman–Crippen MR) is 100.0 cm³/mol. The number of carbonyl (C=O) groups is 1. The van der Waals surface area contributed by atoms with E-state index < -0.39 is 10.2 Å². The molecule has 1 fully saturated rings. The summed E-state index contributed by atoms with van der Waals surface area (Å²) in [5.74, 6) is 0.710. The standard InChI is InChI=1S/C16H28N6O3S/c1-13(23)21-6-7-22(26(24,25)20(4)5)11-14(10-21)8-15-9-16(19(2)3)18-12-17-15/h9,12,14H,6-8,10-11H2,1-5H3/t14-/m1/s1. The quantitative estimate of drug-likeness (QED) is 0.691. The van der Waals surface area contributed by atoms with E-state index >= 15 is 0 Å². The van der Waals surface area contributed by atoms with Gasteiger partial charge >= 0.3 is 0 Å². The lowest BCUT2D eigenvalue weighted by Crippen LogP contribution is -2.43. The van der Waals surface area contributed by atoms with E-state index in [1.54, 1.807) is 4.90 Å². The summed E-state index contributed by atoms with van der Waals surface area (Å²) in [6.45, 7) is 3.07. The Morgan fingerprint density at radius 3 is 2.46 bits per heavy atom. The minimum atomic E-state index is -3.53. The summed E-state index contributed by atoms with van der Waals surface area (Å²) < 4.78 is 27.8. The molecule has 146 valence electrons. The zero-order valence-electron chi connectivity index (χ0n) is 16.1. The lowest BCUT2D eigenvalue weighted by Gasteiger charge is -2.26. The van der Waals surface area contributed by atoms with Crippen LogP contribution < -0.4 is 4.90 Å². The average Bonchev–Trinajstić information content (AvgIpc) is 2.78. The summed E-state index contributed by atoms with van der Waals surface area (Å²) in [6.07, 6.45) is 2.09. The zero-order valence-corrected chi connectivity index (χ0v) is 16.9. The van der Waals surface area contributed by atoms with Crippen LogP contribution in [0, 0.1) is 5.92 Å². The highest BCUT2D eigenvalue weighted by molar-refractivity contribution is 7.86. The average molecular weight is 385 g/mol. The summed E-state index contributed by atoms with van der Waals surface area (Å²) in [5, 5.41) is 0. The van der Waals surface area contributed by atoms with Gasteiger partial charge in [0.15, 0.2) is 0 Å². The second-order valence-electron chi connectivity index (χ2n) is 6.95. The van der Waals surface area contributed by atoms with Crippen molar-refractivity contribution in [3.63, 3.8) is 0 Å². The van der Waals surface area contributed by atoms with Gasteiger partial charge in [-0.15, -0.1) is 0 Å². The molecule has 0 saturated carbocycles. The molecule has 2 rings (SSSR count). The third-order valence-corrected chi connectivity index (χ3v) is 6.37. The number of anilines is 1. The van der Waals surface area contributed by atoms with Gasteiger partial charge < -0.3 is 9.80 Å². The normalized spacial score (nSPS) is 19.5. The van der Waals surface area contributed by atoms with Crippen molar-refractivity contribution < 1.29 is 13.2 Å². The third kappa shape index (κ3) is 4.89. The lowest BCUT2D eigenvalue weighted by atomic mass is 10.0. The molecule has 1 aliphatic rings. The molecule has 1 atom stereocenters. The molecule has 10 heteroatoms. The number of carbonyl (C=O) groups excluding carboxylic acids is 1. The molecule has 9 nitrogen and oxygen atoms in total. The SMILES string of the molecule is CC(=O)N1CCN(S(=O)(=O)N(C)C)C[C@H](Cc2cc(N(C)C)ncn2)C1. The molecule has 0 bridgehead atoms. The minimum Gasteiger partial charge on any atom is -0.363 e. The van der Waals surface area contributed by atoms with Gasteiger partial charge in [-0.25, -0.2) is 9.97 Å². The molecule has 0 unspecified atom stereocenters. The van der Waals surface area contributed by atoms with Gasteiger partial charge in [-0.1, -0.05) is 0 Å². The van der Waals surface area contributed by atoms with Crippen LogP contribution in [0.2, 0.25) is 0 Å². The second-order valence-corrected chi connectivity index (χ2v) is 9.09. The van der Waals surface area contributed by atoms with E-state index in [1.165, 1.54) is 36.0 Å². The van der Waals surface area contributed by atoms with Crippen LogP contribution in [-0.2, 0) is 21.4 Å². The molecule has 1 saturated heterocycles. The number of hydrogen-bond donors (Lipinski definition) is 0. The Balaban J connectivity index is 2.25. The number of aromatic nitrogens is 2. The van der Waals surface area contributed by atoms with Crippen molar-refractivity contribution >= 4 is 21.9 Å². The third-order valence-electron chi connectivity index (χ3n) is 4.46. The van der Waals surface area contributed by atoms with Gasteiger partial charge in [-0.2, -0.15) is 17.0 Å². The maximum absolute atomic E-state index is 12.6. The first kappa shape index (κ1) is 20.5. The molecular weight excluding hydrogens is 356 g/mol. The van der Waals surface area contributed by atoms with Crippen LogP contribution in [0.1, 0.15) is 12.6 Å². The van der Waals surface area contributed by atoms with E-state index in [0.29, 0.717) is 32.6 Å².